The van der Waals surface area contributed by atoms with Crippen molar-refractivity contribution >= 4 is 17.9 Å². The number of alkyl carbamates (subject to hydrolysis) is 1. The summed E-state index contributed by atoms with van der Waals surface area (Å²) < 4.78 is 11.1. The molecule has 4 rings (SSSR count). The number of benzene rings is 2. The van der Waals surface area contributed by atoms with Gasteiger partial charge in [-0.2, -0.15) is 0 Å². The molecule has 0 aliphatic carbocycles. The molecule has 1 unspecified atom stereocenters. The molecular formula is C29H40N4O6. The van der Waals surface area contributed by atoms with Gasteiger partial charge < -0.3 is 36.3 Å². The molecule has 0 spiro atoms. The molecule has 2 aliphatic heterocycles. The van der Waals surface area contributed by atoms with Gasteiger partial charge in [0, 0.05) is 6.42 Å². The van der Waals surface area contributed by atoms with Crippen molar-refractivity contribution in [2.75, 3.05) is 6.61 Å². The lowest BCUT2D eigenvalue weighted by Crippen LogP contribution is -2.57. The van der Waals surface area contributed by atoms with Crippen molar-refractivity contribution in [3.05, 3.63) is 65.7 Å². The molecule has 0 saturated heterocycles. The lowest BCUT2D eigenvalue weighted by Gasteiger charge is -2.27. The highest BCUT2D eigenvalue weighted by Gasteiger charge is 2.30. The van der Waals surface area contributed by atoms with Gasteiger partial charge in [0.05, 0.1) is 12.6 Å². The number of aliphatic hydroxyl groups excluding tert-OH is 1. The average Bonchev–Trinajstić information content (AvgIpc) is 2.91. The number of nitrogens with one attached hydrogen (secondary N) is 3. The first-order valence-corrected chi connectivity index (χ1v) is 13.4. The summed E-state index contributed by atoms with van der Waals surface area (Å²) >= 11 is 0. The number of fused-ring (bicyclic) bond motifs is 14. The van der Waals surface area contributed by atoms with Gasteiger partial charge in [0.2, 0.25) is 11.8 Å². The molecule has 0 radical (unpaired) electrons. The Morgan fingerprint density at radius 1 is 1.08 bits per heavy atom. The molecule has 0 saturated carbocycles. The second kappa shape index (κ2) is 15.1. The maximum Gasteiger partial charge on any atom is 0.408 e. The van der Waals surface area contributed by atoms with Gasteiger partial charge in [-0.1, -0.05) is 56.3 Å². The Bertz CT molecular complexity index is 1060. The van der Waals surface area contributed by atoms with Crippen LogP contribution < -0.4 is 26.4 Å². The van der Waals surface area contributed by atoms with E-state index in [-0.39, 0.29) is 18.9 Å². The Kier molecular flexibility index (Phi) is 11.6. The number of nitrogens with two attached hydrogens (primary N) is 1. The molecule has 2 aromatic carbocycles. The maximum atomic E-state index is 13.5. The van der Waals surface area contributed by atoms with Gasteiger partial charge in [-0.05, 0) is 54.9 Å². The zero-order valence-corrected chi connectivity index (χ0v) is 22.6. The summed E-state index contributed by atoms with van der Waals surface area (Å²) in [5.41, 5.74) is 7.35. The number of ether oxygens (including phenoxy) is 2. The van der Waals surface area contributed by atoms with Gasteiger partial charge in [0.25, 0.3) is 0 Å². The molecule has 39 heavy (non-hydrogen) atoms. The van der Waals surface area contributed by atoms with Gasteiger partial charge in [-0.3, -0.25) is 9.59 Å². The van der Waals surface area contributed by atoms with E-state index in [1.165, 1.54) is 0 Å². The maximum absolute atomic E-state index is 13.5. The summed E-state index contributed by atoms with van der Waals surface area (Å²) in [6.45, 7) is 4.40. The number of hydrogen-bond donors (Lipinski definition) is 5. The Balaban J connectivity index is 1.81. The third-order valence-electron chi connectivity index (χ3n) is 6.44. The molecule has 2 bridgehead atoms. The summed E-state index contributed by atoms with van der Waals surface area (Å²) in [6.07, 6.45) is 0.366. The lowest BCUT2D eigenvalue weighted by atomic mass is 10.00. The van der Waals surface area contributed by atoms with Crippen LogP contribution in [0.4, 0.5) is 4.79 Å². The highest BCUT2D eigenvalue weighted by Crippen LogP contribution is 2.16. The molecule has 2 aromatic rings. The second-order valence-corrected chi connectivity index (χ2v) is 10.2. The van der Waals surface area contributed by atoms with E-state index in [9.17, 15) is 19.5 Å². The Hall–Kier alpha value is -3.63. The molecule has 2 aliphatic rings. The van der Waals surface area contributed by atoms with Gasteiger partial charge in [-0.15, -0.1) is 0 Å². The lowest BCUT2D eigenvalue weighted by molar-refractivity contribution is -0.131. The number of rotatable bonds is 6. The van der Waals surface area contributed by atoms with E-state index in [0.29, 0.717) is 38.0 Å². The Labute approximate surface area is 229 Å². The second-order valence-electron chi connectivity index (χ2n) is 10.2. The first-order chi connectivity index (χ1) is 18.7. The van der Waals surface area contributed by atoms with Gasteiger partial charge >= 0.3 is 6.09 Å². The minimum Gasteiger partial charge on any atom is -0.494 e. The van der Waals surface area contributed by atoms with Crippen molar-refractivity contribution in [2.45, 2.75) is 76.9 Å². The zero-order valence-electron chi connectivity index (χ0n) is 22.6. The monoisotopic (exact) mass is 540 g/mol. The highest BCUT2D eigenvalue weighted by molar-refractivity contribution is 5.91. The molecule has 6 N–H and O–H groups in total. The van der Waals surface area contributed by atoms with Crippen molar-refractivity contribution in [2.24, 2.45) is 11.7 Å². The average molecular weight is 541 g/mol. The van der Waals surface area contributed by atoms with Crippen LogP contribution in [0.15, 0.2) is 54.6 Å². The third-order valence-corrected chi connectivity index (χ3v) is 6.44. The van der Waals surface area contributed by atoms with Crippen LogP contribution in [0.2, 0.25) is 0 Å². The van der Waals surface area contributed by atoms with Crippen LogP contribution in [0.1, 0.15) is 50.7 Å². The summed E-state index contributed by atoms with van der Waals surface area (Å²) in [5, 5.41) is 18.3. The predicted molar refractivity (Wildman–Crippen MR) is 147 cm³/mol. The number of hydrogen-bond acceptors (Lipinski definition) is 7. The third kappa shape index (κ3) is 10.2. The standard InChI is InChI=1S/C29H40N4O6/c1-19(2)16-24-27(35)31-23(26(30)34)10-6-7-15-38-22-13-11-20(12-14-22)17-25(28(36)32-24)33-29(37)39-18-21-8-4-3-5-9-21/h3-5,8-9,11-14,19,23-26,34H,6-7,10,15-18,30H2,1-2H3,(H,31,35)(H,32,36)(H,33,37)/t23-,24-,25-,26?/m0/s1. The van der Waals surface area contributed by atoms with Crippen molar-refractivity contribution in [1.82, 2.24) is 16.0 Å². The van der Waals surface area contributed by atoms with Crippen LogP contribution in [0.5, 0.6) is 5.75 Å². The summed E-state index contributed by atoms with van der Waals surface area (Å²) in [5.74, 6) is -0.202. The van der Waals surface area contributed by atoms with E-state index in [1.807, 2.05) is 68.4 Å². The van der Waals surface area contributed by atoms with Crippen LogP contribution >= 0.6 is 0 Å². The smallest absolute Gasteiger partial charge is 0.408 e. The molecule has 10 nitrogen and oxygen atoms in total. The molecular weight excluding hydrogens is 500 g/mol. The van der Waals surface area contributed by atoms with Crippen molar-refractivity contribution < 1.29 is 29.0 Å². The van der Waals surface area contributed by atoms with E-state index in [0.717, 1.165) is 11.1 Å². The van der Waals surface area contributed by atoms with Crippen LogP contribution in [0, 0.1) is 5.92 Å². The quantitative estimate of drug-likeness (QED) is 0.353. The minimum absolute atomic E-state index is 0.0498. The van der Waals surface area contributed by atoms with E-state index in [1.54, 1.807) is 0 Å². The highest BCUT2D eigenvalue weighted by atomic mass is 16.5. The predicted octanol–water partition coefficient (Wildman–Crippen LogP) is 2.38. The molecule has 4 atom stereocenters. The zero-order chi connectivity index (χ0) is 28.2. The summed E-state index contributed by atoms with van der Waals surface area (Å²) in [4.78, 5) is 39.4. The van der Waals surface area contributed by atoms with E-state index in [2.05, 4.69) is 16.0 Å². The fraction of sp³-hybridized carbons (Fsp3) is 0.483. The molecule has 0 fully saturated rings. The van der Waals surface area contributed by atoms with E-state index >= 15 is 0 Å². The number of aliphatic hydroxyl groups is 1. The topological polar surface area (TPSA) is 152 Å². The van der Waals surface area contributed by atoms with Crippen molar-refractivity contribution in [1.29, 1.82) is 0 Å². The number of carbonyl (C=O) groups excluding carboxylic acids is 3. The van der Waals surface area contributed by atoms with Crippen LogP contribution in [-0.2, 0) is 27.4 Å². The largest absolute Gasteiger partial charge is 0.494 e. The summed E-state index contributed by atoms with van der Waals surface area (Å²) in [7, 11) is 0. The normalized spacial score (nSPS) is 21.7. The molecule has 2 heterocycles. The van der Waals surface area contributed by atoms with Crippen LogP contribution in [-0.4, -0.2) is 54.0 Å². The Morgan fingerprint density at radius 3 is 2.46 bits per heavy atom. The van der Waals surface area contributed by atoms with Gasteiger partial charge in [0.15, 0.2) is 0 Å². The SMILES string of the molecule is CC(C)C[C@@H]1NC(=O)[C@@H](NC(=O)OCc2ccccc2)Cc2ccc(cc2)OCCCC[C@@H](C(N)O)NC1=O. The fourth-order valence-corrected chi connectivity index (χ4v) is 4.32. The first-order valence-electron chi connectivity index (χ1n) is 13.4. The van der Waals surface area contributed by atoms with Crippen LogP contribution in [0.25, 0.3) is 0 Å². The Morgan fingerprint density at radius 2 is 1.79 bits per heavy atom. The fourth-order valence-electron chi connectivity index (χ4n) is 4.32. The van der Waals surface area contributed by atoms with Gasteiger partial charge in [0.1, 0.15) is 30.7 Å². The molecule has 0 aromatic heterocycles. The molecule has 10 heteroatoms. The number of amides is 3. The minimum atomic E-state index is -1.26. The number of carbonyl (C=O) groups is 3. The summed E-state index contributed by atoms with van der Waals surface area (Å²) in [6, 6.07) is 13.9. The molecule has 3 amide bonds. The van der Waals surface area contributed by atoms with Crippen LogP contribution in [0.3, 0.4) is 0 Å². The molecule has 212 valence electrons. The van der Waals surface area contributed by atoms with E-state index in [4.69, 9.17) is 15.2 Å². The first kappa shape index (κ1) is 29.9. The van der Waals surface area contributed by atoms with E-state index < -0.39 is 42.3 Å². The van der Waals surface area contributed by atoms with Gasteiger partial charge in [-0.25, -0.2) is 4.79 Å². The van der Waals surface area contributed by atoms with Crippen molar-refractivity contribution in [3.8, 4) is 5.75 Å². The van der Waals surface area contributed by atoms with Crippen molar-refractivity contribution in [3.63, 3.8) is 0 Å².